The summed E-state index contributed by atoms with van der Waals surface area (Å²) in [6.07, 6.45) is 1.09. The fraction of sp³-hybridized carbons (Fsp3) is 0.385. The van der Waals surface area contributed by atoms with Gasteiger partial charge in [0.05, 0.1) is 28.0 Å². The summed E-state index contributed by atoms with van der Waals surface area (Å²) in [7, 11) is 0. The molecule has 1 unspecified atom stereocenters. The molecule has 1 aliphatic rings. The lowest BCUT2D eigenvalue weighted by Gasteiger charge is -2.17. The number of likely N-dealkylation sites (tertiary alicyclic amines) is 1. The van der Waals surface area contributed by atoms with Crippen LogP contribution in [0.3, 0.4) is 0 Å². The van der Waals surface area contributed by atoms with Crippen molar-refractivity contribution >= 4 is 33.9 Å². The molecule has 9 nitrogen and oxygen atoms in total. The van der Waals surface area contributed by atoms with Gasteiger partial charge in [0.1, 0.15) is 11.6 Å². The summed E-state index contributed by atoms with van der Waals surface area (Å²) in [5.74, 6) is -0.163. The van der Waals surface area contributed by atoms with E-state index in [1.165, 1.54) is 12.1 Å². The lowest BCUT2D eigenvalue weighted by atomic mass is 10.1. The van der Waals surface area contributed by atoms with E-state index in [4.69, 9.17) is 0 Å². The van der Waals surface area contributed by atoms with Crippen molar-refractivity contribution in [1.82, 2.24) is 29.3 Å². The van der Waals surface area contributed by atoms with Gasteiger partial charge in [0, 0.05) is 44.7 Å². The van der Waals surface area contributed by atoms with Crippen molar-refractivity contribution in [3.8, 4) is 0 Å². The van der Waals surface area contributed by atoms with Gasteiger partial charge in [-0.2, -0.15) is 0 Å². The van der Waals surface area contributed by atoms with Crippen molar-refractivity contribution < 1.29 is 14.0 Å². The van der Waals surface area contributed by atoms with Crippen LogP contribution in [0.25, 0.3) is 22.1 Å². The number of hydrogen-bond acceptors (Lipinski definition) is 4. The van der Waals surface area contributed by atoms with Crippen LogP contribution in [-0.2, 0) is 24.3 Å². The van der Waals surface area contributed by atoms with E-state index in [0.717, 1.165) is 11.0 Å². The van der Waals surface area contributed by atoms with E-state index in [2.05, 4.69) is 15.3 Å². The maximum Gasteiger partial charge on any atom is 0.329 e. The van der Waals surface area contributed by atoms with Crippen molar-refractivity contribution in [2.75, 3.05) is 19.6 Å². The molecule has 2 N–H and O–H groups in total. The first-order valence-electron chi connectivity index (χ1n) is 12.3. The molecule has 5 rings (SSSR count). The van der Waals surface area contributed by atoms with Crippen LogP contribution in [0.5, 0.6) is 0 Å². The second kappa shape index (κ2) is 9.60. The van der Waals surface area contributed by atoms with Gasteiger partial charge in [-0.15, -0.1) is 0 Å². The smallest absolute Gasteiger partial charge is 0.329 e. The molecule has 1 saturated heterocycles. The summed E-state index contributed by atoms with van der Waals surface area (Å²) in [5.41, 5.74) is 3.31. The van der Waals surface area contributed by atoms with E-state index in [-0.39, 0.29) is 29.2 Å². The molecule has 1 atom stereocenters. The number of aromatic nitrogens is 4. The minimum Gasteiger partial charge on any atom is -0.355 e. The number of hydrogen-bond donors (Lipinski definition) is 2. The molecule has 4 aromatic rings. The van der Waals surface area contributed by atoms with E-state index in [9.17, 15) is 18.8 Å². The summed E-state index contributed by atoms with van der Waals surface area (Å²) >= 11 is 0. The Morgan fingerprint density at radius 3 is 2.67 bits per heavy atom. The van der Waals surface area contributed by atoms with Crippen LogP contribution < -0.4 is 11.0 Å². The second-order valence-electron chi connectivity index (χ2n) is 9.10. The van der Waals surface area contributed by atoms with Crippen LogP contribution in [0.4, 0.5) is 4.39 Å². The number of benzene rings is 2. The van der Waals surface area contributed by atoms with Crippen molar-refractivity contribution in [2.24, 2.45) is 5.92 Å². The number of nitrogens with one attached hydrogen (secondary N) is 2. The zero-order valence-corrected chi connectivity index (χ0v) is 20.4. The minimum atomic E-state index is -0.328. The van der Waals surface area contributed by atoms with Crippen LogP contribution in [-0.4, -0.2) is 55.5 Å². The van der Waals surface area contributed by atoms with Crippen LogP contribution in [0, 0.1) is 11.7 Å². The molecule has 0 spiro atoms. The highest BCUT2D eigenvalue weighted by atomic mass is 19.1. The van der Waals surface area contributed by atoms with Crippen LogP contribution in [0.1, 0.15) is 36.5 Å². The molecule has 188 valence electrons. The van der Waals surface area contributed by atoms with E-state index in [1.54, 1.807) is 32.2 Å². The highest BCUT2D eigenvalue weighted by molar-refractivity contribution is 5.98. The van der Waals surface area contributed by atoms with Crippen molar-refractivity contribution in [2.45, 2.75) is 39.8 Å². The molecular formula is C26H29FN6O3. The van der Waals surface area contributed by atoms with Gasteiger partial charge in [0.15, 0.2) is 0 Å². The lowest BCUT2D eigenvalue weighted by Crippen LogP contribution is -2.35. The largest absolute Gasteiger partial charge is 0.355 e. The number of nitrogens with zero attached hydrogens (tertiary/aromatic N) is 4. The number of carbonyl (C=O) groups is 2. The standard InChI is InChI=1S/C26H29FN6O3/c1-3-32-21-8-5-16(13-22(21)33(4-2)26(32)36)25(35)31-12-10-17(15-31)24(34)28-11-9-23-29-19-7-6-18(27)14-20(19)30-23/h5-8,13-14,17H,3-4,9-12,15H2,1-2H3,(H,28,34)(H,29,30). The van der Waals surface area contributed by atoms with Gasteiger partial charge in [-0.3, -0.25) is 18.7 Å². The summed E-state index contributed by atoms with van der Waals surface area (Å²) in [5, 5.41) is 2.93. The maximum absolute atomic E-state index is 13.4. The number of aryl methyl sites for hydroxylation is 2. The average Bonchev–Trinajstić information content (AvgIpc) is 3.58. The third-order valence-corrected chi connectivity index (χ3v) is 6.90. The quantitative estimate of drug-likeness (QED) is 0.414. The molecule has 10 heteroatoms. The predicted octanol–water partition coefficient (Wildman–Crippen LogP) is 2.68. The first-order valence-corrected chi connectivity index (χ1v) is 12.3. The molecule has 2 aromatic carbocycles. The molecule has 0 bridgehead atoms. The minimum absolute atomic E-state index is 0.0766. The number of rotatable bonds is 7. The molecule has 0 aliphatic carbocycles. The molecule has 0 saturated carbocycles. The molecule has 2 amide bonds. The zero-order valence-electron chi connectivity index (χ0n) is 20.4. The fourth-order valence-corrected chi connectivity index (χ4v) is 5.01. The van der Waals surface area contributed by atoms with Gasteiger partial charge in [0.2, 0.25) is 5.91 Å². The van der Waals surface area contributed by atoms with Gasteiger partial charge in [-0.05, 0) is 56.7 Å². The van der Waals surface area contributed by atoms with E-state index in [1.807, 2.05) is 19.9 Å². The number of fused-ring (bicyclic) bond motifs is 2. The summed E-state index contributed by atoms with van der Waals surface area (Å²) < 4.78 is 16.7. The topological polar surface area (TPSA) is 105 Å². The van der Waals surface area contributed by atoms with Gasteiger partial charge >= 0.3 is 5.69 Å². The molecular weight excluding hydrogens is 463 g/mol. The predicted molar refractivity (Wildman–Crippen MR) is 134 cm³/mol. The first kappa shape index (κ1) is 23.8. The Balaban J connectivity index is 1.20. The molecule has 36 heavy (non-hydrogen) atoms. The average molecular weight is 493 g/mol. The van der Waals surface area contributed by atoms with Gasteiger partial charge in [-0.25, -0.2) is 14.2 Å². The molecule has 1 aliphatic heterocycles. The number of imidazole rings is 2. The van der Waals surface area contributed by atoms with E-state index < -0.39 is 0 Å². The third-order valence-electron chi connectivity index (χ3n) is 6.90. The maximum atomic E-state index is 13.4. The monoisotopic (exact) mass is 492 g/mol. The first-order chi connectivity index (χ1) is 17.4. The van der Waals surface area contributed by atoms with Crippen LogP contribution >= 0.6 is 0 Å². The van der Waals surface area contributed by atoms with Crippen LogP contribution in [0.15, 0.2) is 41.2 Å². The normalized spacial score (nSPS) is 15.8. The number of carbonyl (C=O) groups excluding carboxylic acids is 2. The number of H-pyrrole nitrogens is 1. The van der Waals surface area contributed by atoms with Gasteiger partial charge < -0.3 is 15.2 Å². The zero-order chi connectivity index (χ0) is 25.4. The summed E-state index contributed by atoms with van der Waals surface area (Å²) in [4.78, 5) is 47.7. The lowest BCUT2D eigenvalue weighted by molar-refractivity contribution is -0.124. The number of aromatic amines is 1. The highest BCUT2D eigenvalue weighted by Crippen LogP contribution is 2.22. The number of halogens is 1. The Kier molecular flexibility index (Phi) is 6.34. The number of amides is 2. The van der Waals surface area contributed by atoms with E-state index >= 15 is 0 Å². The second-order valence-corrected chi connectivity index (χ2v) is 9.10. The van der Waals surface area contributed by atoms with Crippen molar-refractivity contribution in [1.29, 1.82) is 0 Å². The Bertz CT molecular complexity index is 1520. The Hall–Kier alpha value is -3.95. The summed E-state index contributed by atoms with van der Waals surface area (Å²) in [6, 6.07) is 9.74. The van der Waals surface area contributed by atoms with Gasteiger partial charge in [0.25, 0.3) is 5.91 Å². The molecule has 1 fully saturated rings. The Morgan fingerprint density at radius 2 is 1.89 bits per heavy atom. The van der Waals surface area contributed by atoms with Gasteiger partial charge in [-0.1, -0.05) is 0 Å². The van der Waals surface area contributed by atoms with Crippen molar-refractivity contribution in [3.63, 3.8) is 0 Å². The third kappa shape index (κ3) is 4.27. The van der Waals surface area contributed by atoms with Crippen molar-refractivity contribution in [3.05, 3.63) is 64.1 Å². The van der Waals surface area contributed by atoms with Crippen LogP contribution in [0.2, 0.25) is 0 Å². The molecule has 2 aromatic heterocycles. The fourth-order valence-electron chi connectivity index (χ4n) is 5.01. The molecule has 3 heterocycles. The highest BCUT2D eigenvalue weighted by Gasteiger charge is 2.31. The van der Waals surface area contributed by atoms with E-state index in [0.29, 0.717) is 68.0 Å². The Labute approximate surface area is 206 Å². The molecule has 0 radical (unpaired) electrons. The SMILES string of the molecule is CCn1c(=O)n(CC)c2cc(C(=O)N3CCC(C(=O)NCCc4nc5ccc(F)cc5[nH]4)C3)ccc21. The summed E-state index contributed by atoms with van der Waals surface area (Å²) in [6.45, 7) is 6.17. The Morgan fingerprint density at radius 1 is 1.11 bits per heavy atom.